The quantitative estimate of drug-likeness (QED) is 0.134. The second-order valence-electron chi connectivity index (χ2n) is 9.32. The summed E-state index contributed by atoms with van der Waals surface area (Å²) in [6.07, 6.45) is 3.36. The summed E-state index contributed by atoms with van der Waals surface area (Å²) in [6.45, 7) is 19.8. The van der Waals surface area contributed by atoms with E-state index in [1.54, 1.807) is 0 Å². The molecular weight excluding hydrogens is 492 g/mol. The smallest absolute Gasteiger partial charge is 0.335 e. The summed E-state index contributed by atoms with van der Waals surface area (Å²) in [5, 5.41) is 0. The molecular formula is C33H32O6. The topological polar surface area (TPSA) is 78.9 Å². The Labute approximate surface area is 229 Å². The van der Waals surface area contributed by atoms with Gasteiger partial charge in [0.05, 0.1) is 0 Å². The van der Waals surface area contributed by atoms with Gasteiger partial charge in [0.25, 0.3) is 0 Å². The molecule has 0 aliphatic heterocycles. The number of esters is 3. The van der Waals surface area contributed by atoms with Crippen LogP contribution in [0.2, 0.25) is 0 Å². The maximum absolute atomic E-state index is 12.3. The molecule has 0 N–H and O–H groups in total. The van der Waals surface area contributed by atoms with Gasteiger partial charge in [0.1, 0.15) is 17.2 Å². The highest BCUT2D eigenvalue weighted by atomic mass is 16.5. The number of hydrogen-bond acceptors (Lipinski definition) is 6. The van der Waals surface area contributed by atoms with Crippen LogP contribution in [0.3, 0.4) is 0 Å². The molecule has 39 heavy (non-hydrogen) atoms. The van der Waals surface area contributed by atoms with E-state index >= 15 is 0 Å². The summed E-state index contributed by atoms with van der Waals surface area (Å²) < 4.78 is 16.7. The van der Waals surface area contributed by atoms with Crippen molar-refractivity contribution in [2.24, 2.45) is 0 Å². The molecule has 0 fully saturated rings. The van der Waals surface area contributed by atoms with Crippen molar-refractivity contribution in [2.45, 2.75) is 40.5 Å². The first kappa shape index (κ1) is 28.9. The molecule has 0 spiro atoms. The number of rotatable bonds is 9. The minimum absolute atomic E-state index is 0.388. The van der Waals surface area contributed by atoms with Crippen molar-refractivity contribution in [1.29, 1.82) is 0 Å². The highest BCUT2D eigenvalue weighted by Crippen LogP contribution is 2.42. The molecule has 0 saturated carbocycles. The average Bonchev–Trinajstić information content (AvgIpc) is 2.89. The van der Waals surface area contributed by atoms with E-state index in [1.807, 2.05) is 77.1 Å². The van der Waals surface area contributed by atoms with E-state index in [0.717, 1.165) is 62.7 Å². The molecule has 3 rings (SSSR count). The Balaban J connectivity index is 2.30. The van der Waals surface area contributed by atoms with E-state index in [1.165, 1.54) is 0 Å². The molecule has 6 nitrogen and oxygen atoms in total. The van der Waals surface area contributed by atoms with Crippen molar-refractivity contribution in [1.82, 2.24) is 0 Å². The molecule has 0 aliphatic carbocycles. The fourth-order valence-corrected chi connectivity index (χ4v) is 4.58. The molecule has 200 valence electrons. The van der Waals surface area contributed by atoms with E-state index in [4.69, 9.17) is 14.2 Å². The number of benzene rings is 3. The molecule has 3 aromatic rings. The van der Waals surface area contributed by atoms with Crippen LogP contribution in [-0.2, 0) is 14.4 Å². The van der Waals surface area contributed by atoms with Crippen LogP contribution in [-0.4, -0.2) is 17.9 Å². The number of ether oxygens (including phenoxy) is 3. The van der Waals surface area contributed by atoms with Gasteiger partial charge in [-0.05, 0) is 79.6 Å². The van der Waals surface area contributed by atoms with E-state index in [0.29, 0.717) is 17.2 Å². The van der Waals surface area contributed by atoms with E-state index < -0.39 is 17.9 Å². The zero-order valence-corrected chi connectivity index (χ0v) is 22.9. The van der Waals surface area contributed by atoms with Gasteiger partial charge in [0.2, 0.25) is 0 Å². The Bertz CT molecular complexity index is 1370. The first-order chi connectivity index (χ1) is 18.5. The third kappa shape index (κ3) is 6.60. The predicted molar refractivity (Wildman–Crippen MR) is 151 cm³/mol. The Morgan fingerprint density at radius 2 is 1.00 bits per heavy atom. The highest BCUT2D eigenvalue weighted by Gasteiger charge is 2.25. The van der Waals surface area contributed by atoms with Gasteiger partial charge in [-0.25, -0.2) is 14.4 Å². The van der Waals surface area contributed by atoms with Crippen LogP contribution in [0.15, 0.2) is 80.4 Å². The van der Waals surface area contributed by atoms with Crippen LogP contribution in [0.1, 0.15) is 50.4 Å². The molecule has 0 unspecified atom stereocenters. The Morgan fingerprint density at radius 1 is 0.615 bits per heavy atom. The summed E-state index contributed by atoms with van der Waals surface area (Å²) in [6, 6.07) is 13.5. The van der Waals surface area contributed by atoms with Crippen molar-refractivity contribution in [2.75, 3.05) is 0 Å². The lowest BCUT2D eigenvalue weighted by atomic mass is 9.81. The lowest BCUT2D eigenvalue weighted by molar-refractivity contribution is -0.129. The van der Waals surface area contributed by atoms with Gasteiger partial charge in [-0.15, -0.1) is 0 Å². The first-order valence-corrected chi connectivity index (χ1v) is 12.3. The second-order valence-corrected chi connectivity index (χ2v) is 9.32. The van der Waals surface area contributed by atoms with Crippen LogP contribution in [0, 0.1) is 34.6 Å². The molecule has 0 aliphatic rings. The SMILES string of the molecule is C=CC(=O)Oc1cc(C)ccc1C(c1cc(C)c(OC(=O)C=C)c(C)c1)c1cc(C)c(OC(=O)C=C)c(C)c1. The number of carbonyl (C=O) groups excluding carboxylic acids is 3. The van der Waals surface area contributed by atoms with Gasteiger partial charge in [0, 0.05) is 29.7 Å². The van der Waals surface area contributed by atoms with Gasteiger partial charge >= 0.3 is 17.9 Å². The monoisotopic (exact) mass is 524 g/mol. The normalized spacial score (nSPS) is 10.5. The fourth-order valence-electron chi connectivity index (χ4n) is 4.58. The zero-order valence-electron chi connectivity index (χ0n) is 22.9. The lowest BCUT2D eigenvalue weighted by Crippen LogP contribution is -2.12. The van der Waals surface area contributed by atoms with Crippen molar-refractivity contribution in [3.8, 4) is 17.2 Å². The summed E-state index contributed by atoms with van der Waals surface area (Å²) in [7, 11) is 0. The molecule has 0 radical (unpaired) electrons. The summed E-state index contributed by atoms with van der Waals surface area (Å²) in [5.74, 6) is -0.718. The number of aryl methyl sites for hydroxylation is 5. The van der Waals surface area contributed by atoms with Gasteiger partial charge in [-0.1, -0.05) is 56.1 Å². The highest BCUT2D eigenvalue weighted by molar-refractivity contribution is 5.85. The van der Waals surface area contributed by atoms with Gasteiger partial charge in [-0.3, -0.25) is 0 Å². The average molecular weight is 525 g/mol. The van der Waals surface area contributed by atoms with E-state index in [2.05, 4.69) is 19.7 Å². The molecule has 0 atom stereocenters. The third-order valence-corrected chi connectivity index (χ3v) is 6.23. The maximum Gasteiger partial charge on any atom is 0.335 e. The fraction of sp³-hybridized carbons (Fsp3) is 0.182. The van der Waals surface area contributed by atoms with Crippen LogP contribution in [0.25, 0.3) is 0 Å². The second kappa shape index (κ2) is 12.2. The minimum atomic E-state index is -0.571. The Kier molecular flexibility index (Phi) is 9.04. The van der Waals surface area contributed by atoms with Crippen molar-refractivity contribution in [3.05, 3.63) is 125 Å². The van der Waals surface area contributed by atoms with Crippen molar-refractivity contribution in [3.63, 3.8) is 0 Å². The van der Waals surface area contributed by atoms with E-state index in [9.17, 15) is 14.4 Å². The predicted octanol–water partition coefficient (Wildman–Crippen LogP) is 6.68. The molecule has 0 bridgehead atoms. The summed E-state index contributed by atoms with van der Waals surface area (Å²) >= 11 is 0. The van der Waals surface area contributed by atoms with E-state index in [-0.39, 0.29) is 5.92 Å². The standard InChI is InChI=1S/C33H32O6/c1-9-28(34)37-27-14-19(4)12-13-26(27)31(24-15-20(5)32(21(6)16-24)38-29(35)10-2)25-17-22(7)33(23(8)18-25)39-30(36)11-3/h9-18,31H,1-3H2,4-8H3. The molecule has 6 heteroatoms. The molecule has 0 saturated heterocycles. The van der Waals surface area contributed by atoms with Crippen LogP contribution in [0.4, 0.5) is 0 Å². The van der Waals surface area contributed by atoms with Gasteiger partial charge < -0.3 is 14.2 Å². The van der Waals surface area contributed by atoms with Crippen LogP contribution in [0.5, 0.6) is 17.2 Å². The van der Waals surface area contributed by atoms with Crippen LogP contribution >= 0.6 is 0 Å². The first-order valence-electron chi connectivity index (χ1n) is 12.3. The number of carbonyl (C=O) groups is 3. The third-order valence-electron chi connectivity index (χ3n) is 6.23. The van der Waals surface area contributed by atoms with Gasteiger partial charge in [0.15, 0.2) is 0 Å². The minimum Gasteiger partial charge on any atom is -0.423 e. The lowest BCUT2D eigenvalue weighted by Gasteiger charge is -2.25. The van der Waals surface area contributed by atoms with Crippen molar-refractivity contribution < 1.29 is 28.6 Å². The summed E-state index contributed by atoms with van der Waals surface area (Å²) in [5.41, 5.74) is 6.47. The molecule has 0 amide bonds. The molecule has 0 aromatic heterocycles. The largest absolute Gasteiger partial charge is 0.423 e. The zero-order chi connectivity index (χ0) is 28.9. The number of hydrogen-bond donors (Lipinski definition) is 0. The Hall–Kier alpha value is -4.71. The van der Waals surface area contributed by atoms with Gasteiger partial charge in [-0.2, -0.15) is 0 Å². The molecule has 0 heterocycles. The van der Waals surface area contributed by atoms with Crippen LogP contribution < -0.4 is 14.2 Å². The Morgan fingerprint density at radius 3 is 1.38 bits per heavy atom. The summed E-state index contributed by atoms with van der Waals surface area (Å²) in [4.78, 5) is 36.1. The van der Waals surface area contributed by atoms with Crippen molar-refractivity contribution >= 4 is 17.9 Å². The maximum atomic E-state index is 12.3. The molecule has 3 aromatic carbocycles.